The number of sulfonamides is 1. The minimum Gasteiger partial charge on any atom is -0.376 e. The molecule has 3 rings (SSSR count). The van der Waals surface area contributed by atoms with E-state index >= 15 is 0 Å². The molecule has 29 heavy (non-hydrogen) atoms. The first-order chi connectivity index (χ1) is 13.9. The highest BCUT2D eigenvalue weighted by Gasteiger charge is 2.18. The number of carbonyl (C=O) groups is 1. The maximum absolute atomic E-state index is 12.1. The second kappa shape index (κ2) is 9.59. The standard InChI is InChI=1S/C18H25N5O4S2/c1-3-23-17(13-6-8-14(9-7-13)22-29(2,25)26)20-21-18(23)28-12-16(24)19-11-15-5-4-10-27-15/h6-9,15,22H,3-5,10-12H2,1-2H3,(H,19,24). The maximum Gasteiger partial charge on any atom is 0.230 e. The number of ether oxygens (including phenoxy) is 1. The summed E-state index contributed by atoms with van der Waals surface area (Å²) in [6.45, 7) is 3.93. The molecule has 1 aliphatic rings. The number of amides is 1. The predicted octanol–water partition coefficient (Wildman–Crippen LogP) is 1.72. The number of thioether (sulfide) groups is 1. The molecule has 0 bridgehead atoms. The highest BCUT2D eigenvalue weighted by atomic mass is 32.2. The van der Waals surface area contributed by atoms with Crippen molar-refractivity contribution in [2.24, 2.45) is 0 Å². The molecule has 0 saturated carbocycles. The lowest BCUT2D eigenvalue weighted by atomic mass is 10.2. The summed E-state index contributed by atoms with van der Waals surface area (Å²) in [6, 6.07) is 6.92. The van der Waals surface area contributed by atoms with Crippen LogP contribution in [-0.4, -0.2) is 60.4 Å². The normalized spacial score (nSPS) is 16.7. The van der Waals surface area contributed by atoms with Crippen molar-refractivity contribution in [2.75, 3.05) is 29.9 Å². The van der Waals surface area contributed by atoms with Crippen LogP contribution < -0.4 is 10.0 Å². The van der Waals surface area contributed by atoms with Gasteiger partial charge in [0.2, 0.25) is 15.9 Å². The summed E-state index contributed by atoms with van der Waals surface area (Å²) in [5.74, 6) is 0.858. The van der Waals surface area contributed by atoms with Crippen molar-refractivity contribution in [3.05, 3.63) is 24.3 Å². The molecule has 1 amide bonds. The molecule has 1 aliphatic heterocycles. The first-order valence-electron chi connectivity index (χ1n) is 9.38. The molecule has 1 atom stereocenters. The van der Waals surface area contributed by atoms with Crippen LogP contribution in [0, 0.1) is 0 Å². The molecule has 0 aliphatic carbocycles. The van der Waals surface area contributed by atoms with Gasteiger partial charge in [-0.25, -0.2) is 8.42 Å². The third-order valence-electron chi connectivity index (χ3n) is 4.36. The Morgan fingerprint density at radius 1 is 1.31 bits per heavy atom. The van der Waals surface area contributed by atoms with E-state index in [1.165, 1.54) is 11.8 Å². The number of rotatable bonds is 9. The molecular formula is C18H25N5O4S2. The van der Waals surface area contributed by atoms with Crippen LogP contribution in [0.25, 0.3) is 11.4 Å². The van der Waals surface area contributed by atoms with Gasteiger partial charge in [-0.2, -0.15) is 0 Å². The van der Waals surface area contributed by atoms with Gasteiger partial charge < -0.3 is 14.6 Å². The van der Waals surface area contributed by atoms with Crippen molar-refractivity contribution in [1.82, 2.24) is 20.1 Å². The van der Waals surface area contributed by atoms with Crippen molar-refractivity contribution in [1.29, 1.82) is 0 Å². The molecule has 11 heteroatoms. The topological polar surface area (TPSA) is 115 Å². The van der Waals surface area contributed by atoms with Gasteiger partial charge in [-0.3, -0.25) is 9.52 Å². The van der Waals surface area contributed by atoms with Crippen molar-refractivity contribution in [2.45, 2.75) is 37.6 Å². The lowest BCUT2D eigenvalue weighted by Gasteiger charge is -2.11. The molecule has 2 N–H and O–H groups in total. The fourth-order valence-electron chi connectivity index (χ4n) is 3.01. The molecule has 1 aromatic carbocycles. The first-order valence-corrected chi connectivity index (χ1v) is 12.3. The highest BCUT2D eigenvalue weighted by Crippen LogP contribution is 2.25. The number of anilines is 1. The molecule has 1 fully saturated rings. The van der Waals surface area contributed by atoms with Crippen molar-refractivity contribution in [3.63, 3.8) is 0 Å². The van der Waals surface area contributed by atoms with Crippen LogP contribution >= 0.6 is 11.8 Å². The Hall–Kier alpha value is -2.11. The SMILES string of the molecule is CCn1c(SCC(=O)NCC2CCCO2)nnc1-c1ccc(NS(C)(=O)=O)cc1. The highest BCUT2D eigenvalue weighted by molar-refractivity contribution is 7.99. The van der Waals surface area contributed by atoms with Crippen molar-refractivity contribution >= 4 is 33.4 Å². The van der Waals surface area contributed by atoms with E-state index in [2.05, 4.69) is 20.2 Å². The van der Waals surface area contributed by atoms with Gasteiger partial charge in [0.15, 0.2) is 11.0 Å². The number of carbonyl (C=O) groups excluding carboxylic acids is 1. The minimum atomic E-state index is -3.32. The number of nitrogens with zero attached hydrogens (tertiary/aromatic N) is 3. The third kappa shape index (κ3) is 6.18. The van der Waals surface area contributed by atoms with Crippen LogP contribution in [0.1, 0.15) is 19.8 Å². The monoisotopic (exact) mass is 439 g/mol. The average molecular weight is 440 g/mol. The summed E-state index contributed by atoms with van der Waals surface area (Å²) in [4.78, 5) is 12.1. The molecule has 158 valence electrons. The first kappa shape index (κ1) is 21.6. The van der Waals surface area contributed by atoms with Crippen LogP contribution in [0.15, 0.2) is 29.4 Å². The second-order valence-corrected chi connectivity index (χ2v) is 9.42. The Balaban J connectivity index is 1.61. The van der Waals surface area contributed by atoms with E-state index in [1.54, 1.807) is 24.3 Å². The van der Waals surface area contributed by atoms with Crippen LogP contribution in [0.3, 0.4) is 0 Å². The fraction of sp³-hybridized carbons (Fsp3) is 0.500. The van der Waals surface area contributed by atoms with Gasteiger partial charge in [-0.05, 0) is 44.0 Å². The third-order valence-corrected chi connectivity index (χ3v) is 5.94. The second-order valence-electron chi connectivity index (χ2n) is 6.73. The number of hydrogen-bond acceptors (Lipinski definition) is 7. The summed E-state index contributed by atoms with van der Waals surface area (Å²) in [5.41, 5.74) is 1.30. The van der Waals surface area contributed by atoms with Gasteiger partial charge in [0.05, 0.1) is 18.1 Å². The quantitative estimate of drug-likeness (QED) is 0.572. The van der Waals surface area contributed by atoms with E-state index < -0.39 is 10.0 Å². The van der Waals surface area contributed by atoms with Crippen LogP contribution in [0.5, 0.6) is 0 Å². The van der Waals surface area contributed by atoms with E-state index in [4.69, 9.17) is 4.74 Å². The number of hydrogen-bond donors (Lipinski definition) is 2. The van der Waals surface area contributed by atoms with E-state index in [0.29, 0.717) is 29.8 Å². The Kier molecular flexibility index (Phi) is 7.14. The average Bonchev–Trinajstić information content (AvgIpc) is 3.33. The predicted molar refractivity (Wildman–Crippen MR) is 112 cm³/mol. The van der Waals surface area contributed by atoms with Gasteiger partial charge in [0, 0.05) is 30.9 Å². The number of benzene rings is 1. The lowest BCUT2D eigenvalue weighted by Crippen LogP contribution is -2.32. The van der Waals surface area contributed by atoms with Crippen LogP contribution in [0.2, 0.25) is 0 Å². The largest absolute Gasteiger partial charge is 0.376 e. The number of nitrogens with one attached hydrogen (secondary N) is 2. The minimum absolute atomic E-state index is 0.0612. The van der Waals surface area contributed by atoms with Gasteiger partial charge in [-0.15, -0.1) is 10.2 Å². The molecule has 9 nitrogen and oxygen atoms in total. The van der Waals surface area contributed by atoms with E-state index in [9.17, 15) is 13.2 Å². The molecule has 2 heterocycles. The summed E-state index contributed by atoms with van der Waals surface area (Å²) >= 11 is 1.33. The van der Waals surface area contributed by atoms with Gasteiger partial charge in [0.1, 0.15) is 0 Å². The maximum atomic E-state index is 12.1. The van der Waals surface area contributed by atoms with E-state index in [0.717, 1.165) is 31.3 Å². The summed E-state index contributed by atoms with van der Waals surface area (Å²) < 4.78 is 32.5. The Bertz CT molecular complexity index is 938. The van der Waals surface area contributed by atoms with Crippen molar-refractivity contribution in [3.8, 4) is 11.4 Å². The molecule has 0 spiro atoms. The molecule has 1 unspecified atom stereocenters. The van der Waals surface area contributed by atoms with E-state index in [1.807, 2.05) is 11.5 Å². The molecule has 0 radical (unpaired) electrons. The molecular weight excluding hydrogens is 414 g/mol. The summed E-state index contributed by atoms with van der Waals surface area (Å²) in [6.07, 6.45) is 3.26. The smallest absolute Gasteiger partial charge is 0.230 e. The van der Waals surface area contributed by atoms with Crippen LogP contribution in [0.4, 0.5) is 5.69 Å². The van der Waals surface area contributed by atoms with Gasteiger partial charge >= 0.3 is 0 Å². The van der Waals surface area contributed by atoms with E-state index in [-0.39, 0.29) is 17.8 Å². The Labute approximate surface area is 174 Å². The molecule has 1 saturated heterocycles. The zero-order chi connectivity index (χ0) is 20.9. The van der Waals surface area contributed by atoms with Crippen LogP contribution in [-0.2, 0) is 26.1 Å². The van der Waals surface area contributed by atoms with Gasteiger partial charge in [0.25, 0.3) is 0 Å². The number of aromatic nitrogens is 3. The molecule has 1 aromatic heterocycles. The Morgan fingerprint density at radius 2 is 2.07 bits per heavy atom. The summed E-state index contributed by atoms with van der Waals surface area (Å²) in [7, 11) is -3.32. The lowest BCUT2D eigenvalue weighted by molar-refractivity contribution is -0.119. The van der Waals surface area contributed by atoms with Crippen molar-refractivity contribution < 1.29 is 17.9 Å². The summed E-state index contributed by atoms with van der Waals surface area (Å²) in [5, 5.41) is 12.0. The van der Waals surface area contributed by atoms with Gasteiger partial charge in [-0.1, -0.05) is 11.8 Å². The molecule has 2 aromatic rings. The zero-order valence-corrected chi connectivity index (χ0v) is 18.1. The zero-order valence-electron chi connectivity index (χ0n) is 16.4. The fourth-order valence-corrected chi connectivity index (χ4v) is 4.41. The Morgan fingerprint density at radius 3 is 2.69 bits per heavy atom.